The largest absolute Gasteiger partial charge is 0.481 e. The highest BCUT2D eigenvalue weighted by atomic mass is 16.7. The number of carboxylic acids is 1. The number of ether oxygens (including phenoxy) is 5. The molecule has 13 heteroatoms. The van der Waals surface area contributed by atoms with Gasteiger partial charge < -0.3 is 43.4 Å². The van der Waals surface area contributed by atoms with Crippen molar-refractivity contribution in [2.45, 2.75) is 121 Å². The first-order chi connectivity index (χ1) is 22.9. The molecule has 3 aliphatic heterocycles. The number of fused-ring (bicyclic) bond motifs is 1. The number of furan rings is 1. The van der Waals surface area contributed by atoms with Crippen molar-refractivity contribution in [3.05, 3.63) is 36.3 Å². The van der Waals surface area contributed by atoms with Crippen LogP contribution in [0.15, 0.2) is 35.2 Å². The van der Waals surface area contributed by atoms with Crippen LogP contribution >= 0.6 is 0 Å². The van der Waals surface area contributed by atoms with E-state index < -0.39 is 125 Å². The standard InChI is InChI=1S/C36H48O13/c1-9-17(4)31(42)46-28-25(19-10-11-44-14-19)35(8)29(47-32(43)26(41)16(2)3)27-24(18(5)36(35)30(28)49-36)34(7,21(45-27)13-22(38)39)20-12-23(40)48-33(20,6)15-37/h10-11,14,16-17,20-21,24-30,37,41H,5,9,12-13,15H2,1-4,6-8H3,(H,38,39)/t17-,20+,21+,24-,25-,26-,27-,28-,29+,30-,33-,34-,35-,36-/m1/s1. The number of hydrogen-bond donors (Lipinski definition) is 3. The van der Waals surface area contributed by atoms with Crippen LogP contribution in [0.2, 0.25) is 0 Å². The van der Waals surface area contributed by atoms with Gasteiger partial charge in [-0.05, 0) is 36.5 Å². The highest BCUT2D eigenvalue weighted by molar-refractivity contribution is 5.76. The molecule has 0 unspecified atom stereocenters. The Hall–Kier alpha value is -3.26. The van der Waals surface area contributed by atoms with Crippen molar-refractivity contribution in [1.29, 1.82) is 0 Å². The fourth-order valence-corrected chi connectivity index (χ4v) is 9.83. The lowest BCUT2D eigenvalue weighted by Gasteiger charge is -2.55. The van der Waals surface area contributed by atoms with Crippen LogP contribution in [0, 0.1) is 34.5 Å². The van der Waals surface area contributed by atoms with E-state index in [0.29, 0.717) is 17.6 Å². The normalized spacial score (nSPS) is 43.3. The van der Waals surface area contributed by atoms with Gasteiger partial charge in [-0.25, -0.2) is 4.79 Å². The smallest absolute Gasteiger partial charge is 0.335 e. The topological polar surface area (TPSA) is 192 Å². The first kappa shape index (κ1) is 35.6. The summed E-state index contributed by atoms with van der Waals surface area (Å²) in [6.07, 6.45) is -3.38. The van der Waals surface area contributed by atoms with Gasteiger partial charge in [0.1, 0.15) is 35.6 Å². The molecule has 49 heavy (non-hydrogen) atoms. The number of aliphatic carboxylic acids is 1. The van der Waals surface area contributed by atoms with Crippen molar-refractivity contribution in [3.8, 4) is 0 Å². The predicted octanol–water partition coefficient (Wildman–Crippen LogP) is 3.16. The molecule has 270 valence electrons. The molecule has 1 spiro atoms. The van der Waals surface area contributed by atoms with E-state index in [4.69, 9.17) is 28.1 Å². The van der Waals surface area contributed by atoms with Crippen molar-refractivity contribution in [3.63, 3.8) is 0 Å². The summed E-state index contributed by atoms with van der Waals surface area (Å²) in [7, 11) is 0. The maximum absolute atomic E-state index is 13.7. The minimum Gasteiger partial charge on any atom is -0.481 e. The molecule has 0 radical (unpaired) electrons. The Morgan fingerprint density at radius 3 is 2.37 bits per heavy atom. The summed E-state index contributed by atoms with van der Waals surface area (Å²) in [5, 5.41) is 31.5. The summed E-state index contributed by atoms with van der Waals surface area (Å²) < 4.78 is 37.1. The maximum Gasteiger partial charge on any atom is 0.335 e. The Bertz CT molecular complexity index is 1520. The van der Waals surface area contributed by atoms with Crippen molar-refractivity contribution >= 4 is 23.9 Å². The molecule has 0 aromatic carbocycles. The van der Waals surface area contributed by atoms with E-state index in [-0.39, 0.29) is 6.42 Å². The van der Waals surface area contributed by atoms with Gasteiger partial charge in [0.2, 0.25) is 0 Å². The zero-order chi connectivity index (χ0) is 36.0. The minimum atomic E-state index is -1.49. The maximum atomic E-state index is 13.7. The van der Waals surface area contributed by atoms with Crippen LogP contribution in [0.4, 0.5) is 0 Å². The summed E-state index contributed by atoms with van der Waals surface area (Å²) in [6, 6.07) is 1.75. The van der Waals surface area contributed by atoms with Crippen molar-refractivity contribution in [1.82, 2.24) is 0 Å². The molecule has 0 bridgehead atoms. The third-order valence-electron chi connectivity index (χ3n) is 12.7. The predicted molar refractivity (Wildman–Crippen MR) is 169 cm³/mol. The highest BCUT2D eigenvalue weighted by Crippen LogP contribution is 2.78. The van der Waals surface area contributed by atoms with Crippen LogP contribution in [0.5, 0.6) is 0 Å². The second-order valence-electron chi connectivity index (χ2n) is 15.6. The Morgan fingerprint density at radius 1 is 1.10 bits per heavy atom. The fraction of sp³-hybridized carbons (Fsp3) is 0.722. The van der Waals surface area contributed by atoms with E-state index in [1.54, 1.807) is 40.7 Å². The number of rotatable bonds is 11. The van der Waals surface area contributed by atoms with Gasteiger partial charge in [0.05, 0.1) is 49.4 Å². The molecule has 3 N–H and O–H groups in total. The molecule has 13 nitrogen and oxygen atoms in total. The zero-order valence-electron chi connectivity index (χ0n) is 29.0. The lowest BCUT2D eigenvalue weighted by Crippen LogP contribution is -2.64. The Labute approximate surface area is 285 Å². The molecule has 2 saturated carbocycles. The van der Waals surface area contributed by atoms with Crippen LogP contribution in [0.1, 0.15) is 79.2 Å². The SMILES string of the molecule is C=C1[C@@H]2[C@@H](O[C@@H](CC(=O)O)[C@@]2(C)[C@H]2CC(=O)O[C@]2(C)CO)[C@H](OC(=O)[C@H](O)C(C)C)[C@@]2(C)[C@H](c3ccoc3)[C@@H](OC(=O)[C@H](C)CC)[C@H]3O[C@]132. The highest BCUT2D eigenvalue weighted by Gasteiger charge is 2.89. The van der Waals surface area contributed by atoms with E-state index in [1.165, 1.54) is 12.5 Å². The number of epoxide rings is 1. The Balaban J connectivity index is 1.56. The minimum absolute atomic E-state index is 0.124. The molecule has 1 aromatic rings. The Kier molecular flexibility index (Phi) is 8.65. The number of cyclic esters (lactones) is 1. The third kappa shape index (κ3) is 4.86. The van der Waals surface area contributed by atoms with Gasteiger partial charge in [-0.3, -0.25) is 14.4 Å². The van der Waals surface area contributed by atoms with E-state index in [2.05, 4.69) is 6.58 Å². The molecular formula is C36H48O13. The lowest BCUT2D eigenvalue weighted by atomic mass is 9.49. The van der Waals surface area contributed by atoms with Gasteiger partial charge in [-0.1, -0.05) is 48.1 Å². The van der Waals surface area contributed by atoms with Gasteiger partial charge in [0.15, 0.2) is 6.10 Å². The first-order valence-electron chi connectivity index (χ1n) is 17.1. The molecule has 5 aliphatic rings. The molecule has 4 heterocycles. The molecule has 5 fully saturated rings. The number of aliphatic hydroxyl groups is 2. The second-order valence-corrected chi connectivity index (χ2v) is 15.6. The van der Waals surface area contributed by atoms with Gasteiger partial charge in [0, 0.05) is 23.2 Å². The van der Waals surface area contributed by atoms with Crippen LogP contribution in [-0.2, 0) is 42.9 Å². The lowest BCUT2D eigenvalue weighted by molar-refractivity contribution is -0.201. The van der Waals surface area contributed by atoms with Crippen molar-refractivity contribution in [2.75, 3.05) is 6.61 Å². The molecule has 1 aromatic heterocycles. The first-order valence-corrected chi connectivity index (χ1v) is 17.1. The number of carboxylic acid groups (broad SMARTS) is 1. The average Bonchev–Trinajstić information content (AvgIpc) is 3.25. The van der Waals surface area contributed by atoms with E-state index in [1.807, 2.05) is 13.8 Å². The molecule has 6 rings (SSSR count). The number of aliphatic hydroxyl groups excluding tert-OH is 2. The monoisotopic (exact) mass is 688 g/mol. The van der Waals surface area contributed by atoms with Crippen LogP contribution < -0.4 is 0 Å². The molecule has 2 aliphatic carbocycles. The second kappa shape index (κ2) is 11.9. The third-order valence-corrected chi connectivity index (χ3v) is 12.7. The van der Waals surface area contributed by atoms with E-state index in [9.17, 15) is 34.5 Å². The van der Waals surface area contributed by atoms with Gasteiger partial charge in [0.25, 0.3) is 0 Å². The fourth-order valence-electron chi connectivity index (χ4n) is 9.83. The summed E-state index contributed by atoms with van der Waals surface area (Å²) in [6.45, 7) is 16.3. The quantitative estimate of drug-likeness (QED) is 0.133. The number of carbonyl (C=O) groups is 4. The number of carbonyl (C=O) groups excluding carboxylic acids is 3. The van der Waals surface area contributed by atoms with Crippen molar-refractivity contribution < 1.29 is 62.6 Å². The average molecular weight is 689 g/mol. The zero-order valence-corrected chi connectivity index (χ0v) is 29.0. The molecular weight excluding hydrogens is 640 g/mol. The van der Waals surface area contributed by atoms with Gasteiger partial charge in [-0.2, -0.15) is 0 Å². The molecule has 14 atom stereocenters. The van der Waals surface area contributed by atoms with Crippen molar-refractivity contribution in [2.24, 2.45) is 34.5 Å². The molecule has 3 saturated heterocycles. The molecule has 0 amide bonds. The summed E-state index contributed by atoms with van der Waals surface area (Å²) in [4.78, 5) is 52.4. The number of hydrogen-bond acceptors (Lipinski definition) is 12. The van der Waals surface area contributed by atoms with E-state index >= 15 is 0 Å². The van der Waals surface area contributed by atoms with Crippen LogP contribution in [0.3, 0.4) is 0 Å². The van der Waals surface area contributed by atoms with Gasteiger partial charge in [-0.15, -0.1) is 0 Å². The summed E-state index contributed by atoms with van der Waals surface area (Å²) in [5.74, 6) is -6.14. The Morgan fingerprint density at radius 2 is 1.80 bits per heavy atom. The van der Waals surface area contributed by atoms with E-state index in [0.717, 1.165) is 0 Å². The number of esters is 3. The summed E-state index contributed by atoms with van der Waals surface area (Å²) >= 11 is 0. The van der Waals surface area contributed by atoms with Crippen LogP contribution in [-0.4, -0.2) is 93.6 Å². The summed E-state index contributed by atoms with van der Waals surface area (Å²) in [5.41, 5.74) is -3.94. The van der Waals surface area contributed by atoms with Gasteiger partial charge >= 0.3 is 23.9 Å². The van der Waals surface area contributed by atoms with Crippen LogP contribution in [0.25, 0.3) is 0 Å².